The van der Waals surface area contributed by atoms with E-state index in [2.05, 4.69) is 37.6 Å². The molecule has 198 valence electrons. The lowest BCUT2D eigenvalue weighted by Crippen LogP contribution is -2.38. The second-order valence-corrected chi connectivity index (χ2v) is 9.71. The number of benzene rings is 1. The van der Waals surface area contributed by atoms with Crippen molar-refractivity contribution in [3.05, 3.63) is 54.0 Å². The molecule has 1 aliphatic rings. The van der Waals surface area contributed by atoms with Gasteiger partial charge in [0.05, 0.1) is 11.6 Å². The van der Waals surface area contributed by atoms with Crippen LogP contribution in [0.2, 0.25) is 0 Å². The number of pyridine rings is 1. The van der Waals surface area contributed by atoms with E-state index in [-0.39, 0.29) is 6.10 Å². The molecule has 3 aromatic rings. The Bertz CT molecular complexity index is 1170. The molecule has 0 spiro atoms. The Morgan fingerprint density at radius 3 is 2.89 bits per heavy atom. The van der Waals surface area contributed by atoms with E-state index in [1.165, 1.54) is 11.9 Å². The van der Waals surface area contributed by atoms with Crippen LogP contribution in [0.15, 0.2) is 42.7 Å². The Morgan fingerprint density at radius 2 is 2.05 bits per heavy atom. The van der Waals surface area contributed by atoms with E-state index in [0.29, 0.717) is 18.8 Å². The van der Waals surface area contributed by atoms with Crippen LogP contribution in [0.3, 0.4) is 0 Å². The summed E-state index contributed by atoms with van der Waals surface area (Å²) in [7, 11) is 1.71. The van der Waals surface area contributed by atoms with Crippen LogP contribution in [-0.2, 0) is 22.4 Å². The molecule has 0 bridgehead atoms. The van der Waals surface area contributed by atoms with Gasteiger partial charge in [-0.05, 0) is 75.8 Å². The molecule has 0 saturated carbocycles. The first-order chi connectivity index (χ1) is 18.0. The predicted octanol–water partition coefficient (Wildman–Crippen LogP) is 4.00. The number of hydrogen-bond donors (Lipinski definition) is 3. The number of carbonyl (C=O) groups is 1. The number of aromatic nitrogens is 3. The maximum Gasteiger partial charge on any atom is 0.326 e. The number of ether oxygens (including phenoxy) is 1. The average molecular weight is 507 g/mol. The summed E-state index contributed by atoms with van der Waals surface area (Å²) in [5.41, 5.74) is 3.22. The molecule has 0 fully saturated rings. The van der Waals surface area contributed by atoms with Gasteiger partial charge < -0.3 is 25.4 Å². The largest absolute Gasteiger partial charge is 0.480 e. The first-order valence-corrected chi connectivity index (χ1v) is 13.2. The zero-order chi connectivity index (χ0) is 26.0. The average Bonchev–Trinajstić information content (AvgIpc) is 2.92. The highest BCUT2D eigenvalue weighted by atomic mass is 16.5. The number of unbranched alkanes of at least 4 members (excludes halogenated alkanes) is 1. The molecular formula is C28H38N6O3. The second-order valence-electron chi connectivity index (χ2n) is 9.71. The number of nitrogens with one attached hydrogen (secondary N) is 2. The van der Waals surface area contributed by atoms with E-state index in [1.54, 1.807) is 7.11 Å². The lowest BCUT2D eigenvalue weighted by atomic mass is 10.1. The summed E-state index contributed by atoms with van der Waals surface area (Å²) < 4.78 is 5.50. The zero-order valence-electron chi connectivity index (χ0n) is 21.8. The molecule has 0 amide bonds. The van der Waals surface area contributed by atoms with Gasteiger partial charge in [-0.15, -0.1) is 0 Å². The van der Waals surface area contributed by atoms with Crippen molar-refractivity contribution in [1.29, 1.82) is 0 Å². The molecular weight excluding hydrogens is 468 g/mol. The van der Waals surface area contributed by atoms with E-state index in [9.17, 15) is 9.90 Å². The molecule has 4 rings (SSSR count). The van der Waals surface area contributed by atoms with Crippen LogP contribution in [0.1, 0.15) is 43.9 Å². The SMILES string of the molecule is CO[C@H](C)CN(CCCCc1ccc2c(n1)NCCC2)CC[C@H](Nc1ncnc2ccccc12)C(=O)O. The highest BCUT2D eigenvalue weighted by Crippen LogP contribution is 2.21. The maximum atomic E-state index is 12.1. The summed E-state index contributed by atoms with van der Waals surface area (Å²) in [6.07, 6.45) is 7.20. The normalized spacial score (nSPS) is 14.7. The van der Waals surface area contributed by atoms with Crippen molar-refractivity contribution in [2.24, 2.45) is 0 Å². The number of hydrogen-bond acceptors (Lipinski definition) is 8. The van der Waals surface area contributed by atoms with Gasteiger partial charge in [0, 0.05) is 37.8 Å². The molecule has 9 heteroatoms. The molecule has 2 atom stereocenters. The molecule has 0 unspecified atom stereocenters. The quantitative estimate of drug-likeness (QED) is 0.279. The maximum absolute atomic E-state index is 12.1. The standard InChI is InChI=1S/C28H38N6O3/c1-20(37-2)18-34(16-6-5-9-22-13-12-21-8-7-15-29-26(21)32-22)17-14-25(28(35)36)33-27-23-10-3-4-11-24(23)30-19-31-27/h3-4,10-13,19-20,25H,5-9,14-18H2,1-2H3,(H,29,32)(H,35,36)(H,30,31,33)/t20-,25+/m1/s1. The van der Waals surface area contributed by atoms with Gasteiger partial charge in [-0.25, -0.2) is 19.7 Å². The van der Waals surface area contributed by atoms with Gasteiger partial charge in [0.25, 0.3) is 0 Å². The third-order valence-electron chi connectivity index (χ3n) is 6.91. The lowest BCUT2D eigenvalue weighted by Gasteiger charge is -2.27. The number of nitrogens with zero attached hydrogens (tertiary/aromatic N) is 4. The summed E-state index contributed by atoms with van der Waals surface area (Å²) in [4.78, 5) is 27.8. The second kappa shape index (κ2) is 13.3. The number of carboxylic acid groups (broad SMARTS) is 1. The van der Waals surface area contributed by atoms with Crippen LogP contribution in [0.4, 0.5) is 11.6 Å². The molecule has 0 saturated heterocycles. The smallest absolute Gasteiger partial charge is 0.326 e. The number of para-hydroxylation sites is 1. The highest BCUT2D eigenvalue weighted by Gasteiger charge is 2.21. The minimum atomic E-state index is -0.894. The predicted molar refractivity (Wildman–Crippen MR) is 146 cm³/mol. The lowest BCUT2D eigenvalue weighted by molar-refractivity contribution is -0.138. The Morgan fingerprint density at radius 1 is 1.19 bits per heavy atom. The number of anilines is 2. The number of aryl methyl sites for hydroxylation is 2. The van der Waals surface area contributed by atoms with Gasteiger partial charge in [-0.2, -0.15) is 0 Å². The summed E-state index contributed by atoms with van der Waals surface area (Å²) in [5.74, 6) is 0.694. The minimum absolute atomic E-state index is 0.0652. The fraction of sp³-hybridized carbons (Fsp3) is 0.500. The molecule has 2 aromatic heterocycles. The fourth-order valence-corrected chi connectivity index (χ4v) is 4.74. The van der Waals surface area contributed by atoms with Crippen LogP contribution >= 0.6 is 0 Å². The number of aliphatic carboxylic acids is 1. The Balaban J connectivity index is 1.32. The molecule has 1 aromatic carbocycles. The van der Waals surface area contributed by atoms with Crippen LogP contribution in [0, 0.1) is 0 Å². The summed E-state index contributed by atoms with van der Waals surface area (Å²) >= 11 is 0. The van der Waals surface area contributed by atoms with Gasteiger partial charge in [0.2, 0.25) is 0 Å². The third-order valence-corrected chi connectivity index (χ3v) is 6.91. The summed E-state index contributed by atoms with van der Waals surface area (Å²) in [6, 6.07) is 11.2. The molecule has 3 heterocycles. The molecule has 1 aliphatic heterocycles. The zero-order valence-corrected chi connectivity index (χ0v) is 21.8. The topological polar surface area (TPSA) is 113 Å². The van der Waals surface area contributed by atoms with E-state index < -0.39 is 12.0 Å². The van der Waals surface area contributed by atoms with Gasteiger partial charge in [-0.1, -0.05) is 18.2 Å². The number of methoxy groups -OCH3 is 1. The van der Waals surface area contributed by atoms with E-state index in [1.807, 2.05) is 31.2 Å². The van der Waals surface area contributed by atoms with Crippen molar-refractivity contribution in [3.8, 4) is 0 Å². The third kappa shape index (κ3) is 7.60. The minimum Gasteiger partial charge on any atom is -0.480 e. The molecule has 9 nitrogen and oxygen atoms in total. The molecule has 0 radical (unpaired) electrons. The van der Waals surface area contributed by atoms with Crippen LogP contribution in [0.5, 0.6) is 0 Å². The van der Waals surface area contributed by atoms with Crippen molar-refractivity contribution >= 4 is 28.5 Å². The van der Waals surface area contributed by atoms with Crippen LogP contribution in [0.25, 0.3) is 10.9 Å². The van der Waals surface area contributed by atoms with Crippen LogP contribution < -0.4 is 10.6 Å². The molecule has 0 aliphatic carbocycles. The van der Waals surface area contributed by atoms with Gasteiger partial charge in [-0.3, -0.25) is 0 Å². The van der Waals surface area contributed by atoms with E-state index >= 15 is 0 Å². The first kappa shape index (κ1) is 26.8. The highest BCUT2D eigenvalue weighted by molar-refractivity contribution is 5.90. The Kier molecular flexibility index (Phi) is 9.62. The number of fused-ring (bicyclic) bond motifs is 2. The summed E-state index contributed by atoms with van der Waals surface area (Å²) in [5, 5.41) is 17.3. The Labute approximate surface area is 218 Å². The molecule has 37 heavy (non-hydrogen) atoms. The van der Waals surface area contributed by atoms with E-state index in [0.717, 1.165) is 74.2 Å². The van der Waals surface area contributed by atoms with Gasteiger partial charge in [0.15, 0.2) is 0 Å². The number of carboxylic acids is 1. The van der Waals surface area contributed by atoms with Crippen molar-refractivity contribution in [1.82, 2.24) is 19.9 Å². The fourth-order valence-electron chi connectivity index (χ4n) is 4.74. The van der Waals surface area contributed by atoms with Crippen molar-refractivity contribution in [3.63, 3.8) is 0 Å². The molecule has 3 N–H and O–H groups in total. The van der Waals surface area contributed by atoms with E-state index in [4.69, 9.17) is 9.72 Å². The monoisotopic (exact) mass is 506 g/mol. The number of rotatable bonds is 14. The summed E-state index contributed by atoms with van der Waals surface area (Å²) in [6.45, 7) is 5.30. The van der Waals surface area contributed by atoms with Gasteiger partial charge >= 0.3 is 5.97 Å². The first-order valence-electron chi connectivity index (χ1n) is 13.2. The van der Waals surface area contributed by atoms with Gasteiger partial charge in [0.1, 0.15) is 24.0 Å². The van der Waals surface area contributed by atoms with Crippen molar-refractivity contribution < 1.29 is 14.6 Å². The Hall–Kier alpha value is -3.30. The van der Waals surface area contributed by atoms with Crippen molar-refractivity contribution in [2.45, 2.75) is 57.6 Å². The van der Waals surface area contributed by atoms with Crippen molar-refractivity contribution in [2.75, 3.05) is 43.9 Å². The van der Waals surface area contributed by atoms with Crippen LogP contribution in [-0.4, -0.2) is 76.4 Å².